The van der Waals surface area contributed by atoms with Crippen LogP contribution in [0.5, 0.6) is 0 Å². The van der Waals surface area contributed by atoms with Gasteiger partial charge in [-0.15, -0.1) is 0 Å². The normalized spacial score (nSPS) is 11.1. The van der Waals surface area contributed by atoms with Crippen molar-refractivity contribution in [3.63, 3.8) is 0 Å². The van der Waals surface area contributed by atoms with Crippen LogP contribution in [0.4, 0.5) is 5.95 Å². The highest BCUT2D eigenvalue weighted by atomic mass is 35.5. The maximum atomic E-state index is 11.7. The van der Waals surface area contributed by atoms with Gasteiger partial charge in [0.05, 0.1) is 0 Å². The lowest BCUT2D eigenvalue weighted by molar-refractivity contribution is 1.17. The van der Waals surface area contributed by atoms with Gasteiger partial charge in [-0.3, -0.25) is 9.78 Å². The van der Waals surface area contributed by atoms with E-state index in [0.29, 0.717) is 16.4 Å². The number of hydrogen-bond donors (Lipinski definition) is 3. The number of nitrogen functional groups attached to an aromatic ring is 1. The molecule has 2 aromatic heterocycles. The SMILES string of the molecule is Cc1ccc(-c2nc3nc(N)[nH]c(=O)c3[nH]2)cc1Cl. The number of aromatic amines is 2. The van der Waals surface area contributed by atoms with E-state index in [1.54, 1.807) is 6.07 Å². The molecule has 0 saturated carbocycles. The number of halogens is 1. The molecule has 0 aliphatic carbocycles. The Hall–Kier alpha value is -2.34. The third kappa shape index (κ3) is 1.96. The first-order chi connectivity index (χ1) is 9.04. The minimum atomic E-state index is -0.348. The van der Waals surface area contributed by atoms with Crippen molar-refractivity contribution in [1.82, 2.24) is 19.9 Å². The van der Waals surface area contributed by atoms with Gasteiger partial charge in [0.15, 0.2) is 11.2 Å². The number of H-pyrrole nitrogens is 2. The average Bonchev–Trinajstić information content (AvgIpc) is 2.76. The van der Waals surface area contributed by atoms with Gasteiger partial charge in [-0.25, -0.2) is 4.98 Å². The highest BCUT2D eigenvalue weighted by Gasteiger charge is 2.10. The molecule has 0 radical (unpaired) electrons. The standard InChI is InChI=1S/C12H10ClN5O/c1-5-2-3-6(4-7(5)13)9-15-8-10(16-9)17-12(14)18-11(8)19/h2-4H,1H3,(H4,14,15,16,17,18,19). The number of nitrogens with two attached hydrogens (primary N) is 1. The summed E-state index contributed by atoms with van der Waals surface area (Å²) >= 11 is 6.07. The fourth-order valence-corrected chi connectivity index (χ4v) is 1.98. The summed E-state index contributed by atoms with van der Waals surface area (Å²) in [6.07, 6.45) is 0. The van der Waals surface area contributed by atoms with Crippen LogP contribution >= 0.6 is 11.6 Å². The number of nitrogens with zero attached hydrogens (tertiary/aromatic N) is 2. The van der Waals surface area contributed by atoms with E-state index in [9.17, 15) is 4.79 Å². The van der Waals surface area contributed by atoms with E-state index >= 15 is 0 Å². The lowest BCUT2D eigenvalue weighted by Crippen LogP contribution is -2.10. The smallest absolute Gasteiger partial charge is 0.278 e. The highest BCUT2D eigenvalue weighted by Crippen LogP contribution is 2.24. The molecule has 0 unspecified atom stereocenters. The number of aromatic nitrogens is 4. The minimum absolute atomic E-state index is 0.0393. The molecule has 3 aromatic rings. The van der Waals surface area contributed by atoms with Crippen molar-refractivity contribution >= 4 is 28.7 Å². The quantitative estimate of drug-likeness (QED) is 0.631. The van der Waals surface area contributed by atoms with Crippen molar-refractivity contribution in [2.45, 2.75) is 6.92 Å². The van der Waals surface area contributed by atoms with Gasteiger partial charge in [-0.2, -0.15) is 4.98 Å². The molecule has 4 N–H and O–H groups in total. The Labute approximate surface area is 112 Å². The maximum absolute atomic E-state index is 11.7. The van der Waals surface area contributed by atoms with Crippen LogP contribution in [-0.2, 0) is 0 Å². The summed E-state index contributed by atoms with van der Waals surface area (Å²) in [4.78, 5) is 25.2. The molecule has 0 bridgehead atoms. The maximum Gasteiger partial charge on any atom is 0.278 e. The summed E-state index contributed by atoms with van der Waals surface area (Å²) in [7, 11) is 0. The van der Waals surface area contributed by atoms with Gasteiger partial charge in [-0.05, 0) is 18.6 Å². The molecule has 3 rings (SSSR count). The second kappa shape index (κ2) is 4.10. The van der Waals surface area contributed by atoms with Crippen LogP contribution in [0.25, 0.3) is 22.6 Å². The zero-order chi connectivity index (χ0) is 13.6. The Balaban J connectivity index is 2.23. The number of hydrogen-bond acceptors (Lipinski definition) is 4. The molecule has 1 aromatic carbocycles. The predicted molar refractivity (Wildman–Crippen MR) is 74.1 cm³/mol. The van der Waals surface area contributed by atoms with Crippen LogP contribution in [0.15, 0.2) is 23.0 Å². The number of aryl methyl sites for hydroxylation is 1. The zero-order valence-corrected chi connectivity index (χ0v) is 10.7. The van der Waals surface area contributed by atoms with Crippen molar-refractivity contribution < 1.29 is 0 Å². The van der Waals surface area contributed by atoms with Gasteiger partial charge in [-0.1, -0.05) is 23.7 Å². The van der Waals surface area contributed by atoms with E-state index in [2.05, 4.69) is 19.9 Å². The van der Waals surface area contributed by atoms with Crippen LogP contribution in [-0.4, -0.2) is 19.9 Å². The number of nitrogens with one attached hydrogen (secondary N) is 2. The van der Waals surface area contributed by atoms with Gasteiger partial charge in [0.25, 0.3) is 5.56 Å². The van der Waals surface area contributed by atoms with Crippen LogP contribution < -0.4 is 11.3 Å². The largest absolute Gasteiger partial charge is 0.369 e. The van der Waals surface area contributed by atoms with Crippen LogP contribution in [0, 0.1) is 6.92 Å². The molecular weight excluding hydrogens is 266 g/mol. The lowest BCUT2D eigenvalue weighted by atomic mass is 10.1. The van der Waals surface area contributed by atoms with Crippen molar-refractivity contribution in [2.75, 3.05) is 5.73 Å². The van der Waals surface area contributed by atoms with Gasteiger partial charge in [0.1, 0.15) is 5.82 Å². The Morgan fingerprint density at radius 3 is 2.79 bits per heavy atom. The molecule has 0 atom stereocenters. The van der Waals surface area contributed by atoms with E-state index in [-0.39, 0.29) is 17.2 Å². The first-order valence-electron chi connectivity index (χ1n) is 5.56. The Bertz CT molecular complexity index is 836. The molecule has 0 spiro atoms. The third-order valence-electron chi connectivity index (χ3n) is 2.83. The molecule has 0 aliphatic rings. The zero-order valence-electron chi connectivity index (χ0n) is 9.99. The van der Waals surface area contributed by atoms with Gasteiger partial charge < -0.3 is 10.7 Å². The van der Waals surface area contributed by atoms with E-state index in [0.717, 1.165) is 11.1 Å². The van der Waals surface area contributed by atoms with Crippen LogP contribution in [0.2, 0.25) is 5.02 Å². The predicted octanol–water partition coefficient (Wildman–Crippen LogP) is 1.86. The van der Waals surface area contributed by atoms with Crippen molar-refractivity contribution in [1.29, 1.82) is 0 Å². The molecule has 2 heterocycles. The van der Waals surface area contributed by atoms with E-state index in [1.807, 2.05) is 19.1 Å². The van der Waals surface area contributed by atoms with Crippen LogP contribution in [0.1, 0.15) is 5.56 Å². The monoisotopic (exact) mass is 275 g/mol. The number of benzene rings is 1. The molecule has 0 aliphatic heterocycles. The first kappa shape index (κ1) is 11.7. The van der Waals surface area contributed by atoms with Gasteiger partial charge in [0.2, 0.25) is 5.95 Å². The topological polar surface area (TPSA) is 100 Å². The van der Waals surface area contributed by atoms with E-state index in [4.69, 9.17) is 17.3 Å². The average molecular weight is 276 g/mol. The summed E-state index contributed by atoms with van der Waals surface area (Å²) in [5.74, 6) is 0.568. The molecule has 6 nitrogen and oxygen atoms in total. The Morgan fingerprint density at radius 2 is 2.05 bits per heavy atom. The fourth-order valence-electron chi connectivity index (χ4n) is 1.80. The first-order valence-corrected chi connectivity index (χ1v) is 5.94. The summed E-state index contributed by atoms with van der Waals surface area (Å²) < 4.78 is 0. The van der Waals surface area contributed by atoms with Crippen LogP contribution in [0.3, 0.4) is 0 Å². The second-order valence-corrected chi connectivity index (χ2v) is 4.61. The van der Waals surface area contributed by atoms with Crippen molar-refractivity contribution in [2.24, 2.45) is 0 Å². The molecule has 19 heavy (non-hydrogen) atoms. The molecular formula is C12H10ClN5O. The van der Waals surface area contributed by atoms with Crippen molar-refractivity contribution in [3.8, 4) is 11.4 Å². The Morgan fingerprint density at radius 1 is 1.26 bits per heavy atom. The number of imidazole rings is 1. The molecule has 7 heteroatoms. The summed E-state index contributed by atoms with van der Waals surface area (Å²) in [5, 5.41) is 0.638. The van der Waals surface area contributed by atoms with Gasteiger partial charge >= 0.3 is 0 Å². The summed E-state index contributed by atoms with van der Waals surface area (Å²) in [6.45, 7) is 1.91. The molecule has 0 fully saturated rings. The fraction of sp³-hybridized carbons (Fsp3) is 0.0833. The van der Waals surface area contributed by atoms with Gasteiger partial charge in [0, 0.05) is 10.6 Å². The Kier molecular flexibility index (Phi) is 2.53. The number of rotatable bonds is 1. The third-order valence-corrected chi connectivity index (χ3v) is 3.23. The highest BCUT2D eigenvalue weighted by molar-refractivity contribution is 6.31. The second-order valence-electron chi connectivity index (χ2n) is 4.20. The number of anilines is 1. The lowest BCUT2D eigenvalue weighted by Gasteiger charge is -2.00. The summed E-state index contributed by atoms with van der Waals surface area (Å²) in [6, 6.07) is 5.54. The van der Waals surface area contributed by atoms with E-state index in [1.165, 1.54) is 0 Å². The van der Waals surface area contributed by atoms with E-state index < -0.39 is 0 Å². The minimum Gasteiger partial charge on any atom is -0.369 e. The number of fused-ring (bicyclic) bond motifs is 1. The molecule has 96 valence electrons. The molecule has 0 saturated heterocycles. The van der Waals surface area contributed by atoms with Crippen molar-refractivity contribution in [3.05, 3.63) is 39.1 Å². The molecule has 0 amide bonds. The summed E-state index contributed by atoms with van der Waals surface area (Å²) in [5.41, 5.74) is 7.46.